The van der Waals surface area contributed by atoms with Gasteiger partial charge in [0.25, 0.3) is 6.33 Å². The van der Waals surface area contributed by atoms with Gasteiger partial charge in [0, 0.05) is 18.0 Å². The summed E-state index contributed by atoms with van der Waals surface area (Å²) < 4.78 is 92.8. The highest BCUT2D eigenvalue weighted by Gasteiger charge is 2.21. The van der Waals surface area contributed by atoms with E-state index in [2.05, 4.69) is 10.7 Å². The van der Waals surface area contributed by atoms with Crippen LogP contribution in [-0.2, 0) is 0 Å². The van der Waals surface area contributed by atoms with Gasteiger partial charge in [-0.1, -0.05) is 127 Å². The van der Waals surface area contributed by atoms with Gasteiger partial charge in [0.1, 0.15) is 5.75 Å². The van der Waals surface area contributed by atoms with Crippen molar-refractivity contribution in [1.82, 2.24) is 18.5 Å². The second-order valence-electron chi connectivity index (χ2n) is 12.1. The zero-order valence-corrected chi connectivity index (χ0v) is 27.2. The molecular weight excluding hydrogens is 639 g/mol. The van der Waals surface area contributed by atoms with Crippen molar-refractivity contribution in [3.63, 3.8) is 0 Å². The molecule has 0 aliphatic heterocycles. The number of hydrogen-bond acceptors (Lipinski definition) is 2. The van der Waals surface area contributed by atoms with Gasteiger partial charge in [-0.2, -0.15) is 0 Å². The van der Waals surface area contributed by atoms with Crippen LogP contribution < -0.4 is 4.57 Å². The summed E-state index contributed by atoms with van der Waals surface area (Å²) in [6.45, 7) is 0. The monoisotopic (exact) mass is 679 g/mol. The topological polar surface area (TPSA) is 51.3 Å². The fraction of sp³-hybridized carbons (Fsp3) is 0. The van der Waals surface area contributed by atoms with Crippen LogP contribution in [-0.4, -0.2) is 23.6 Å². The molecule has 0 saturated carbocycles. The quantitative estimate of drug-likeness (QED) is 0.141. The lowest BCUT2D eigenvalue weighted by Crippen LogP contribution is -2.30. The van der Waals surface area contributed by atoms with Gasteiger partial charge in [-0.25, -0.2) is 4.98 Å². The Labute approximate surface area is 314 Å². The number of phenols is 1. The van der Waals surface area contributed by atoms with Crippen LogP contribution in [0.25, 0.3) is 78.3 Å². The molecule has 10 rings (SSSR count). The molecule has 0 bridgehead atoms. The zero-order valence-electron chi connectivity index (χ0n) is 37.2. The number of rotatable bonds is 6. The molecule has 6 heteroatoms. The maximum absolute atomic E-state index is 10.9. The first-order valence-electron chi connectivity index (χ1n) is 21.5. The fourth-order valence-corrected chi connectivity index (χ4v) is 6.93. The van der Waals surface area contributed by atoms with E-state index in [-0.39, 0.29) is 33.7 Å². The van der Waals surface area contributed by atoms with Crippen molar-refractivity contribution in [3.8, 4) is 56.2 Å². The Morgan fingerprint density at radius 1 is 0.615 bits per heavy atom. The van der Waals surface area contributed by atoms with Gasteiger partial charge in [-0.05, 0) is 70.3 Å². The molecule has 0 aliphatic rings. The van der Waals surface area contributed by atoms with E-state index < -0.39 is 60.4 Å². The molecule has 246 valence electrons. The van der Waals surface area contributed by atoms with Crippen molar-refractivity contribution in [2.75, 3.05) is 0 Å². The van der Waals surface area contributed by atoms with Gasteiger partial charge in [0.15, 0.2) is 0 Å². The van der Waals surface area contributed by atoms with Crippen LogP contribution in [0.1, 0.15) is 13.7 Å². The predicted octanol–water partition coefficient (Wildman–Crippen LogP) is 10.0. The summed E-state index contributed by atoms with van der Waals surface area (Å²) in [5.74, 6) is 0.742. The molecule has 3 heterocycles. The molecule has 3 aromatic heterocycles. The Morgan fingerprint density at radius 3 is 2.00 bits per heavy atom. The van der Waals surface area contributed by atoms with E-state index in [4.69, 9.17) is 18.7 Å². The third-order valence-electron chi connectivity index (χ3n) is 9.18. The number of fused-ring (bicyclic) bond motifs is 5. The molecule has 0 radical (unpaired) electrons. The van der Waals surface area contributed by atoms with Crippen LogP contribution in [0.5, 0.6) is 5.75 Å². The minimum atomic E-state index is -0.564. The predicted molar refractivity (Wildman–Crippen MR) is 207 cm³/mol. The molecule has 10 aromatic rings. The van der Waals surface area contributed by atoms with Crippen molar-refractivity contribution < 1.29 is 23.4 Å². The highest BCUT2D eigenvalue weighted by molar-refractivity contribution is 5.99. The molecule has 6 nitrogen and oxygen atoms in total. The SMILES string of the molecule is [2H]c1c([2H])c([2H])c(-c2cccc(-c3c([2H])c([2H])c([2H])c([2H])c3[2H])c2-[n+]2[c-]n(-c3cccc(-c4cccc5c4nc4n(-c6ccccc6O)c6ccccc6n54)c3)cc2)c([2H])c1[2H]. The molecule has 7 aromatic carbocycles. The Hall–Kier alpha value is -7.18. The van der Waals surface area contributed by atoms with Crippen LogP contribution in [0.15, 0.2) is 182 Å². The number of hydrogen-bond donors (Lipinski definition) is 1. The van der Waals surface area contributed by atoms with Crippen molar-refractivity contribution in [2.45, 2.75) is 0 Å². The van der Waals surface area contributed by atoms with E-state index in [9.17, 15) is 5.11 Å². The van der Waals surface area contributed by atoms with E-state index in [1.54, 1.807) is 47.3 Å². The molecule has 0 aliphatic carbocycles. The Bertz CT molecular complexity index is 3370. The maximum atomic E-state index is 10.9. The molecule has 0 saturated heterocycles. The number of nitrogens with zero attached hydrogens (tertiary/aromatic N) is 5. The summed E-state index contributed by atoms with van der Waals surface area (Å²) in [5, 5.41) is 10.9. The molecule has 0 fully saturated rings. The Kier molecular flexibility index (Phi) is 4.88. The van der Waals surface area contributed by atoms with Gasteiger partial charge < -0.3 is 5.11 Å². The fourth-order valence-electron chi connectivity index (χ4n) is 6.93. The minimum Gasteiger partial charge on any atom is -0.506 e. The summed E-state index contributed by atoms with van der Waals surface area (Å²) in [4.78, 5) is 5.19. The van der Waals surface area contributed by atoms with Gasteiger partial charge in [0.05, 0.1) is 52.8 Å². The zero-order chi connectivity index (χ0) is 43.3. The lowest BCUT2D eigenvalue weighted by Gasteiger charge is -2.16. The standard InChI is InChI=1S/C46H31N5O/c52-43-27-10-9-25-41(43)50-39-23-7-8-24-40(39)51-42-26-13-20-36(44(42)47-46(50)51)34-18-11-19-35(30-34)48-28-29-49(31-48)45-37(32-14-3-1-4-15-32)21-12-22-38(45)33-16-5-2-6-17-33/h1-30,52H/i1D,2D,3D,4D,5D,6D,14D,15D,16D,17D. The lowest BCUT2D eigenvalue weighted by molar-refractivity contribution is -0.598. The van der Waals surface area contributed by atoms with Crippen LogP contribution in [0.4, 0.5) is 0 Å². The van der Waals surface area contributed by atoms with Crippen molar-refractivity contribution in [3.05, 3.63) is 188 Å². The van der Waals surface area contributed by atoms with Crippen molar-refractivity contribution in [2.24, 2.45) is 0 Å². The van der Waals surface area contributed by atoms with Gasteiger partial charge in [-0.3, -0.25) is 18.1 Å². The Morgan fingerprint density at radius 2 is 1.25 bits per heavy atom. The first-order chi connectivity index (χ1) is 29.9. The molecule has 0 unspecified atom stereocenters. The lowest BCUT2D eigenvalue weighted by atomic mass is 9.96. The number of aromatic nitrogens is 5. The van der Waals surface area contributed by atoms with E-state index >= 15 is 0 Å². The number of benzene rings is 7. The van der Waals surface area contributed by atoms with E-state index in [0.717, 1.165) is 33.2 Å². The van der Waals surface area contributed by atoms with E-state index in [0.29, 0.717) is 17.2 Å². The number of aromatic hydroxyl groups is 1. The average molecular weight is 680 g/mol. The second-order valence-corrected chi connectivity index (χ2v) is 12.1. The first-order valence-corrected chi connectivity index (χ1v) is 16.5. The van der Waals surface area contributed by atoms with Gasteiger partial charge >= 0.3 is 0 Å². The molecule has 0 atom stereocenters. The summed E-state index contributed by atoms with van der Waals surface area (Å²) in [7, 11) is 0. The van der Waals surface area contributed by atoms with Crippen molar-refractivity contribution in [1.29, 1.82) is 0 Å². The van der Waals surface area contributed by atoms with Crippen LogP contribution in [0.3, 0.4) is 0 Å². The van der Waals surface area contributed by atoms with Gasteiger partial charge in [0.2, 0.25) is 5.78 Å². The maximum Gasteiger partial charge on any atom is 0.268 e. The largest absolute Gasteiger partial charge is 0.506 e. The highest BCUT2D eigenvalue weighted by atomic mass is 16.3. The van der Waals surface area contributed by atoms with E-state index in [1.807, 2.05) is 83.4 Å². The summed E-state index contributed by atoms with van der Waals surface area (Å²) in [6.07, 6.45) is 6.65. The number of phenolic OH excluding ortho intramolecular Hbond substituents is 1. The van der Waals surface area contributed by atoms with E-state index in [1.165, 1.54) is 4.57 Å². The summed E-state index contributed by atoms with van der Waals surface area (Å²) in [6, 6.07) is 28.3. The third-order valence-corrected chi connectivity index (χ3v) is 9.18. The first kappa shape index (κ1) is 21.1. The molecule has 1 N–H and O–H groups in total. The van der Waals surface area contributed by atoms with Crippen LogP contribution in [0.2, 0.25) is 0 Å². The minimum absolute atomic E-state index is 0.118. The normalized spacial score (nSPS) is 14.2. The third kappa shape index (κ3) is 4.73. The smallest absolute Gasteiger partial charge is 0.268 e. The highest BCUT2D eigenvalue weighted by Crippen LogP contribution is 2.37. The van der Waals surface area contributed by atoms with Crippen LogP contribution in [0, 0.1) is 6.33 Å². The number of imidazole rings is 3. The Balaban J connectivity index is 1.15. The number of para-hydroxylation sites is 6. The van der Waals surface area contributed by atoms with Gasteiger partial charge in [-0.15, -0.1) is 0 Å². The summed E-state index contributed by atoms with van der Waals surface area (Å²) in [5.41, 5.74) is 6.60. The second kappa shape index (κ2) is 12.0. The van der Waals surface area contributed by atoms with Crippen LogP contribution >= 0.6 is 0 Å². The molecule has 0 amide bonds. The molecule has 52 heavy (non-hydrogen) atoms. The van der Waals surface area contributed by atoms with Crippen molar-refractivity contribution >= 4 is 27.8 Å². The molecular formula is C46H31N5O. The summed E-state index contributed by atoms with van der Waals surface area (Å²) >= 11 is 0. The molecule has 0 spiro atoms. The average Bonchev–Trinajstić information content (AvgIpc) is 4.01.